The van der Waals surface area contributed by atoms with Crippen molar-refractivity contribution in [1.29, 1.82) is 0 Å². The second-order valence-corrected chi connectivity index (χ2v) is 14.3. The Hall–Kier alpha value is -7.37. The maximum atomic E-state index is 6.97. The molecule has 0 fully saturated rings. The largest absolute Gasteiger partial charge is 0.484 e. The van der Waals surface area contributed by atoms with E-state index in [0.29, 0.717) is 17.5 Å². The molecular formula is C51H34N4O. The van der Waals surface area contributed by atoms with Crippen LogP contribution in [0.2, 0.25) is 0 Å². The first-order chi connectivity index (χ1) is 27.8. The summed E-state index contributed by atoms with van der Waals surface area (Å²) in [5, 5.41) is 1.20. The topological polar surface area (TPSA) is 52.8 Å². The molecule has 1 aliphatic carbocycles. The third-order valence-electron chi connectivity index (χ3n) is 11.0. The number of benzene rings is 7. The van der Waals surface area contributed by atoms with Crippen LogP contribution in [0.1, 0.15) is 28.8 Å². The summed E-state index contributed by atoms with van der Waals surface area (Å²) in [6, 6.07) is 63.2. The standard InChI is InChI=1S/C51H34N4O/c1-4-14-33(15-5-1)35-26-28-36(29-27-35)49-52-50(38-19-12-18-37(32-38)34-16-6-2-7-17-34)54-51(53-49)42-23-13-25-45-46(42)41-30-31-44-47(48(41)56-45)40-22-10-11-24-43(40)55(44)39-20-8-3-9-21-39/h1-32,41,48H. The van der Waals surface area contributed by atoms with Crippen molar-refractivity contribution in [1.82, 2.24) is 19.5 Å². The van der Waals surface area contributed by atoms with Crippen molar-refractivity contribution >= 4 is 17.0 Å². The van der Waals surface area contributed by atoms with Crippen LogP contribution in [-0.2, 0) is 0 Å². The normalized spacial score (nSPS) is 15.2. The van der Waals surface area contributed by atoms with Crippen LogP contribution in [0.4, 0.5) is 0 Å². The Balaban J connectivity index is 1.06. The van der Waals surface area contributed by atoms with E-state index in [-0.39, 0.29) is 12.0 Å². The molecule has 0 spiro atoms. The summed E-state index contributed by atoms with van der Waals surface area (Å²) >= 11 is 0. The molecule has 2 unspecified atom stereocenters. The van der Waals surface area contributed by atoms with Gasteiger partial charge in [0.1, 0.15) is 11.9 Å². The van der Waals surface area contributed by atoms with Gasteiger partial charge in [-0.2, -0.15) is 0 Å². The first-order valence-corrected chi connectivity index (χ1v) is 19.0. The first-order valence-electron chi connectivity index (χ1n) is 19.0. The van der Waals surface area contributed by atoms with Crippen LogP contribution >= 0.6 is 0 Å². The van der Waals surface area contributed by atoms with Gasteiger partial charge < -0.3 is 9.30 Å². The van der Waals surface area contributed by atoms with E-state index in [0.717, 1.165) is 61.6 Å². The average molecular weight is 719 g/mol. The van der Waals surface area contributed by atoms with Gasteiger partial charge in [-0.05, 0) is 58.7 Å². The minimum Gasteiger partial charge on any atom is -0.484 e. The molecule has 9 aromatic rings. The summed E-state index contributed by atoms with van der Waals surface area (Å²) < 4.78 is 9.32. The van der Waals surface area contributed by atoms with Crippen LogP contribution in [0.25, 0.3) is 79.1 Å². The molecule has 1 aliphatic heterocycles. The smallest absolute Gasteiger partial charge is 0.164 e. The molecule has 0 saturated carbocycles. The van der Waals surface area contributed by atoms with E-state index < -0.39 is 0 Å². The number of hydrogen-bond donors (Lipinski definition) is 0. The number of ether oxygens (including phenoxy) is 1. The van der Waals surface area contributed by atoms with Gasteiger partial charge >= 0.3 is 0 Å². The molecule has 0 saturated heterocycles. The van der Waals surface area contributed by atoms with Crippen LogP contribution in [0.5, 0.6) is 5.75 Å². The van der Waals surface area contributed by atoms with Gasteiger partial charge in [0, 0.05) is 44.8 Å². The fourth-order valence-corrected chi connectivity index (χ4v) is 8.45. The number of fused-ring (bicyclic) bond motifs is 7. The highest BCUT2D eigenvalue weighted by Crippen LogP contribution is 2.55. The van der Waals surface area contributed by atoms with E-state index in [4.69, 9.17) is 19.7 Å². The number of hydrogen-bond acceptors (Lipinski definition) is 4. The van der Waals surface area contributed by atoms with E-state index in [1.54, 1.807) is 0 Å². The molecule has 7 aromatic carbocycles. The Morgan fingerprint density at radius 2 is 1.02 bits per heavy atom. The number of nitrogens with zero attached hydrogens (tertiary/aromatic N) is 4. The monoisotopic (exact) mass is 718 g/mol. The molecule has 5 heteroatoms. The lowest BCUT2D eigenvalue weighted by Crippen LogP contribution is -2.14. The molecule has 0 N–H and O–H groups in total. The van der Waals surface area contributed by atoms with Crippen LogP contribution in [-0.4, -0.2) is 19.5 Å². The zero-order valence-electron chi connectivity index (χ0n) is 30.3. The van der Waals surface area contributed by atoms with Crippen molar-refractivity contribution in [2.75, 3.05) is 0 Å². The predicted octanol–water partition coefficient (Wildman–Crippen LogP) is 12.4. The van der Waals surface area contributed by atoms with Gasteiger partial charge in [-0.1, -0.05) is 158 Å². The SMILES string of the molecule is C1=CC2c3c(cccc3-c3nc(-c4ccc(-c5ccccc5)cc4)nc(-c4cccc(-c5ccccc5)c4)n3)OC2c2c1n(-c1ccccc1)c1ccccc21. The summed E-state index contributed by atoms with van der Waals surface area (Å²) in [4.78, 5) is 15.6. The van der Waals surface area contributed by atoms with Crippen molar-refractivity contribution in [2.24, 2.45) is 0 Å². The highest BCUT2D eigenvalue weighted by molar-refractivity contribution is 5.92. The van der Waals surface area contributed by atoms with Crippen LogP contribution in [0.3, 0.4) is 0 Å². The van der Waals surface area contributed by atoms with E-state index in [1.807, 2.05) is 12.1 Å². The molecule has 5 nitrogen and oxygen atoms in total. The van der Waals surface area contributed by atoms with Crippen LogP contribution < -0.4 is 4.74 Å². The lowest BCUT2D eigenvalue weighted by atomic mass is 9.83. The fourth-order valence-electron chi connectivity index (χ4n) is 8.45. The van der Waals surface area contributed by atoms with Gasteiger partial charge in [0.05, 0.1) is 11.2 Å². The first kappa shape index (κ1) is 32.1. The summed E-state index contributed by atoms with van der Waals surface area (Å²) in [5.74, 6) is 2.69. The van der Waals surface area contributed by atoms with Gasteiger partial charge in [-0.25, -0.2) is 15.0 Å². The molecule has 0 amide bonds. The third kappa shape index (κ3) is 5.36. The van der Waals surface area contributed by atoms with Crippen molar-refractivity contribution in [3.05, 3.63) is 205 Å². The Kier molecular flexibility index (Phi) is 7.56. The summed E-state index contributed by atoms with van der Waals surface area (Å²) in [6.07, 6.45) is 4.37. The average Bonchev–Trinajstić information content (AvgIpc) is 3.83. The predicted molar refractivity (Wildman–Crippen MR) is 225 cm³/mol. The minimum atomic E-state index is -0.199. The maximum Gasteiger partial charge on any atom is 0.164 e. The van der Waals surface area contributed by atoms with Gasteiger partial charge in [-0.15, -0.1) is 0 Å². The highest BCUT2D eigenvalue weighted by Gasteiger charge is 2.42. The number of aromatic nitrogens is 4. The second-order valence-electron chi connectivity index (χ2n) is 14.3. The van der Waals surface area contributed by atoms with Crippen molar-refractivity contribution in [2.45, 2.75) is 12.0 Å². The van der Waals surface area contributed by atoms with Gasteiger partial charge in [0.2, 0.25) is 0 Å². The van der Waals surface area contributed by atoms with Gasteiger partial charge in [-0.3, -0.25) is 0 Å². The Morgan fingerprint density at radius 3 is 1.79 bits per heavy atom. The quantitative estimate of drug-likeness (QED) is 0.172. The van der Waals surface area contributed by atoms with E-state index in [9.17, 15) is 0 Å². The van der Waals surface area contributed by atoms with Crippen LogP contribution in [0.15, 0.2) is 188 Å². The summed E-state index contributed by atoms with van der Waals surface area (Å²) in [7, 11) is 0. The van der Waals surface area contributed by atoms with Crippen molar-refractivity contribution in [3.8, 4) is 67.9 Å². The molecule has 3 heterocycles. The Bertz CT molecular complexity index is 2940. The van der Waals surface area contributed by atoms with E-state index in [1.165, 1.54) is 16.5 Å². The van der Waals surface area contributed by atoms with Crippen molar-refractivity contribution in [3.63, 3.8) is 0 Å². The van der Waals surface area contributed by atoms with Crippen LogP contribution in [0, 0.1) is 0 Å². The van der Waals surface area contributed by atoms with E-state index in [2.05, 4.69) is 187 Å². The molecule has 2 atom stereocenters. The number of para-hydroxylation sites is 2. The summed E-state index contributed by atoms with van der Waals surface area (Å²) in [5.41, 5.74) is 13.1. The van der Waals surface area contributed by atoms with Gasteiger partial charge in [0.25, 0.3) is 0 Å². The molecule has 11 rings (SSSR count). The Morgan fingerprint density at radius 1 is 0.446 bits per heavy atom. The van der Waals surface area contributed by atoms with Gasteiger partial charge in [0.15, 0.2) is 17.5 Å². The van der Waals surface area contributed by atoms with E-state index >= 15 is 0 Å². The highest BCUT2D eigenvalue weighted by atomic mass is 16.5. The maximum absolute atomic E-state index is 6.97. The minimum absolute atomic E-state index is 0.0287. The molecular weight excluding hydrogens is 685 g/mol. The summed E-state index contributed by atoms with van der Waals surface area (Å²) in [6.45, 7) is 0. The third-order valence-corrected chi connectivity index (χ3v) is 11.0. The lowest BCUT2D eigenvalue weighted by Gasteiger charge is -2.22. The molecule has 2 aliphatic rings. The second kappa shape index (κ2) is 13.2. The zero-order valence-corrected chi connectivity index (χ0v) is 30.3. The molecule has 264 valence electrons. The zero-order chi connectivity index (χ0) is 37.0. The Labute approximate surface area is 324 Å². The number of rotatable bonds is 6. The molecule has 0 bridgehead atoms. The van der Waals surface area contributed by atoms with Crippen molar-refractivity contribution < 1.29 is 4.74 Å². The lowest BCUT2D eigenvalue weighted by molar-refractivity contribution is 0.224. The molecule has 0 radical (unpaired) electrons. The molecule has 2 aromatic heterocycles. The fraction of sp³-hybridized carbons (Fsp3) is 0.0392. The molecule has 56 heavy (non-hydrogen) atoms.